The van der Waals surface area contributed by atoms with Crippen LogP contribution in [-0.4, -0.2) is 22.5 Å². The summed E-state index contributed by atoms with van der Waals surface area (Å²) in [6.45, 7) is 2.07. The highest BCUT2D eigenvalue weighted by Gasteiger charge is 2.07. The molecule has 0 aliphatic carbocycles. The average Bonchev–Trinajstić information content (AvgIpc) is 2.18. The van der Waals surface area contributed by atoms with Crippen LogP contribution in [0.25, 0.3) is 0 Å². The van der Waals surface area contributed by atoms with Gasteiger partial charge < -0.3 is 4.74 Å². The molecule has 0 bridgehead atoms. The molecule has 1 aromatic heterocycles. The van der Waals surface area contributed by atoms with Crippen LogP contribution < -0.4 is 0 Å². The summed E-state index contributed by atoms with van der Waals surface area (Å²) in [5.41, 5.74) is 0.838. The summed E-state index contributed by atoms with van der Waals surface area (Å²) in [4.78, 5) is 18.8. The quantitative estimate of drug-likeness (QED) is 0.547. The van der Waals surface area contributed by atoms with Gasteiger partial charge >= 0.3 is 5.97 Å². The Bertz CT molecular complexity index is 287. The molecular formula is C8H9ClN2O2. The zero-order chi connectivity index (χ0) is 9.68. The van der Waals surface area contributed by atoms with Crippen LogP contribution in [-0.2, 0) is 10.6 Å². The van der Waals surface area contributed by atoms with Gasteiger partial charge in [0.2, 0.25) is 0 Å². The Morgan fingerprint density at radius 1 is 1.54 bits per heavy atom. The topological polar surface area (TPSA) is 52.1 Å². The Balaban J connectivity index is 2.74. The van der Waals surface area contributed by atoms with Crippen molar-refractivity contribution < 1.29 is 9.53 Å². The smallest absolute Gasteiger partial charge is 0.358 e. The van der Waals surface area contributed by atoms with Gasteiger partial charge in [-0.25, -0.2) is 9.78 Å². The molecule has 1 aromatic rings. The van der Waals surface area contributed by atoms with E-state index >= 15 is 0 Å². The molecule has 0 radical (unpaired) electrons. The molecule has 0 atom stereocenters. The molecular weight excluding hydrogens is 192 g/mol. The molecule has 0 unspecified atom stereocenters. The molecule has 0 amide bonds. The van der Waals surface area contributed by atoms with E-state index in [1.54, 1.807) is 6.92 Å². The summed E-state index contributed by atoms with van der Waals surface area (Å²) >= 11 is 5.50. The number of rotatable bonds is 3. The number of esters is 1. The highest BCUT2D eigenvalue weighted by Crippen LogP contribution is 2.00. The van der Waals surface area contributed by atoms with Crippen molar-refractivity contribution in [2.75, 3.05) is 6.61 Å². The summed E-state index contributed by atoms with van der Waals surface area (Å²) in [5, 5.41) is 0. The molecule has 70 valence electrons. The summed E-state index contributed by atoms with van der Waals surface area (Å²) in [6.07, 6.45) is 2.81. The summed E-state index contributed by atoms with van der Waals surface area (Å²) in [5.74, 6) is -0.174. The van der Waals surface area contributed by atoms with E-state index in [0.29, 0.717) is 12.3 Å². The number of ether oxygens (including phenoxy) is 1. The molecule has 1 heterocycles. The standard InChI is InChI=1S/C8H9ClN2O2/c1-2-13-8(12)7-5-10-6(3-9)4-11-7/h4-5H,2-3H2,1H3. The lowest BCUT2D eigenvalue weighted by Gasteiger charge is -2.00. The van der Waals surface area contributed by atoms with Crippen LogP contribution in [0.3, 0.4) is 0 Å². The van der Waals surface area contributed by atoms with E-state index in [-0.39, 0.29) is 11.6 Å². The monoisotopic (exact) mass is 200 g/mol. The molecule has 13 heavy (non-hydrogen) atoms. The van der Waals surface area contributed by atoms with E-state index in [2.05, 4.69) is 9.97 Å². The summed E-state index contributed by atoms with van der Waals surface area (Å²) in [7, 11) is 0. The van der Waals surface area contributed by atoms with Crippen molar-refractivity contribution >= 4 is 17.6 Å². The number of alkyl halides is 1. The Hall–Kier alpha value is -1.16. The highest BCUT2D eigenvalue weighted by molar-refractivity contribution is 6.16. The van der Waals surface area contributed by atoms with E-state index < -0.39 is 5.97 Å². The maximum Gasteiger partial charge on any atom is 0.358 e. The normalized spacial score (nSPS) is 9.69. The second-order valence-corrected chi connectivity index (χ2v) is 2.51. The van der Waals surface area contributed by atoms with Crippen LogP contribution >= 0.6 is 11.6 Å². The Morgan fingerprint density at radius 2 is 2.31 bits per heavy atom. The average molecular weight is 201 g/mol. The Morgan fingerprint density at radius 3 is 2.77 bits per heavy atom. The van der Waals surface area contributed by atoms with Gasteiger partial charge in [0, 0.05) is 0 Å². The van der Waals surface area contributed by atoms with Crippen LogP contribution in [0.4, 0.5) is 0 Å². The zero-order valence-electron chi connectivity index (χ0n) is 7.16. The van der Waals surface area contributed by atoms with Gasteiger partial charge in [-0.2, -0.15) is 0 Å². The second-order valence-electron chi connectivity index (χ2n) is 2.25. The van der Waals surface area contributed by atoms with Gasteiger partial charge in [-0.15, -0.1) is 11.6 Å². The van der Waals surface area contributed by atoms with Gasteiger partial charge in [-0.05, 0) is 6.92 Å². The zero-order valence-corrected chi connectivity index (χ0v) is 7.91. The van der Waals surface area contributed by atoms with E-state index in [1.165, 1.54) is 12.4 Å². The molecule has 0 saturated heterocycles. The first-order valence-electron chi connectivity index (χ1n) is 3.82. The van der Waals surface area contributed by atoms with Crippen LogP contribution in [0.5, 0.6) is 0 Å². The summed E-state index contributed by atoms with van der Waals surface area (Å²) < 4.78 is 4.73. The molecule has 5 heteroatoms. The van der Waals surface area contributed by atoms with Crippen LogP contribution in [0.1, 0.15) is 23.1 Å². The summed E-state index contributed by atoms with van der Waals surface area (Å²) in [6, 6.07) is 0. The maximum absolute atomic E-state index is 11.1. The van der Waals surface area contributed by atoms with Crippen molar-refractivity contribution in [3.8, 4) is 0 Å². The van der Waals surface area contributed by atoms with Gasteiger partial charge in [0.1, 0.15) is 0 Å². The molecule has 0 fully saturated rings. The predicted octanol–water partition coefficient (Wildman–Crippen LogP) is 1.39. The third-order valence-electron chi connectivity index (χ3n) is 1.33. The van der Waals surface area contributed by atoms with Gasteiger partial charge in [0.25, 0.3) is 0 Å². The van der Waals surface area contributed by atoms with Crippen molar-refractivity contribution in [3.63, 3.8) is 0 Å². The van der Waals surface area contributed by atoms with Gasteiger partial charge in [-0.1, -0.05) is 0 Å². The Labute approximate surface area is 80.9 Å². The number of aromatic nitrogens is 2. The van der Waals surface area contributed by atoms with Crippen molar-refractivity contribution in [1.29, 1.82) is 0 Å². The molecule has 0 aliphatic rings. The molecule has 0 saturated carbocycles. The first-order valence-corrected chi connectivity index (χ1v) is 4.35. The first-order chi connectivity index (χ1) is 6.27. The van der Waals surface area contributed by atoms with Crippen molar-refractivity contribution in [2.24, 2.45) is 0 Å². The highest BCUT2D eigenvalue weighted by atomic mass is 35.5. The second kappa shape index (κ2) is 4.77. The van der Waals surface area contributed by atoms with Crippen molar-refractivity contribution in [1.82, 2.24) is 9.97 Å². The Kier molecular flexibility index (Phi) is 3.64. The van der Waals surface area contributed by atoms with E-state index in [4.69, 9.17) is 16.3 Å². The number of nitrogens with zero attached hydrogens (tertiary/aromatic N) is 2. The lowest BCUT2D eigenvalue weighted by molar-refractivity contribution is 0.0519. The molecule has 1 rings (SSSR count). The number of carbonyl (C=O) groups excluding carboxylic acids is 1. The number of hydrogen-bond acceptors (Lipinski definition) is 4. The van der Waals surface area contributed by atoms with E-state index in [0.717, 1.165) is 0 Å². The van der Waals surface area contributed by atoms with Gasteiger partial charge in [0.15, 0.2) is 5.69 Å². The van der Waals surface area contributed by atoms with Gasteiger partial charge in [0.05, 0.1) is 30.6 Å². The minimum atomic E-state index is -0.462. The molecule has 0 aromatic carbocycles. The van der Waals surface area contributed by atoms with Crippen LogP contribution in [0, 0.1) is 0 Å². The lowest BCUT2D eigenvalue weighted by Crippen LogP contribution is -2.07. The van der Waals surface area contributed by atoms with Crippen molar-refractivity contribution in [3.05, 3.63) is 23.8 Å². The van der Waals surface area contributed by atoms with Crippen molar-refractivity contribution in [2.45, 2.75) is 12.8 Å². The van der Waals surface area contributed by atoms with E-state index in [9.17, 15) is 4.79 Å². The third-order valence-corrected chi connectivity index (χ3v) is 1.60. The molecule has 4 nitrogen and oxygen atoms in total. The molecule has 0 spiro atoms. The third kappa shape index (κ3) is 2.66. The first kappa shape index (κ1) is 9.92. The molecule has 0 N–H and O–H groups in total. The van der Waals surface area contributed by atoms with E-state index in [1.807, 2.05) is 0 Å². The van der Waals surface area contributed by atoms with Crippen LogP contribution in [0.2, 0.25) is 0 Å². The fourth-order valence-corrected chi connectivity index (χ4v) is 0.872. The maximum atomic E-state index is 11.1. The fraction of sp³-hybridized carbons (Fsp3) is 0.375. The minimum Gasteiger partial charge on any atom is -0.461 e. The van der Waals surface area contributed by atoms with Crippen LogP contribution in [0.15, 0.2) is 12.4 Å². The largest absolute Gasteiger partial charge is 0.461 e. The lowest BCUT2D eigenvalue weighted by atomic mass is 10.4. The fourth-order valence-electron chi connectivity index (χ4n) is 0.734. The number of halogens is 1. The van der Waals surface area contributed by atoms with Gasteiger partial charge in [-0.3, -0.25) is 4.98 Å². The minimum absolute atomic E-state index is 0.204. The molecule has 0 aliphatic heterocycles. The SMILES string of the molecule is CCOC(=O)c1cnc(CCl)cn1. The number of carbonyl (C=O) groups is 1. The number of hydrogen-bond donors (Lipinski definition) is 0. The predicted molar refractivity (Wildman–Crippen MR) is 47.5 cm³/mol.